The van der Waals surface area contributed by atoms with E-state index < -0.39 is 0 Å². The topological polar surface area (TPSA) is 55.1 Å². The van der Waals surface area contributed by atoms with Crippen LogP contribution >= 0.6 is 0 Å². The molecule has 102 valence electrons. The van der Waals surface area contributed by atoms with E-state index in [1.807, 2.05) is 0 Å². The Balaban J connectivity index is 3.71. The summed E-state index contributed by atoms with van der Waals surface area (Å²) in [6.07, 6.45) is 4.91. The van der Waals surface area contributed by atoms with E-state index in [0.29, 0.717) is 12.5 Å². The van der Waals surface area contributed by atoms with Crippen LogP contribution in [0.4, 0.5) is 0 Å². The second kappa shape index (κ2) is 9.46. The summed E-state index contributed by atoms with van der Waals surface area (Å²) >= 11 is 0. The first-order valence-corrected chi connectivity index (χ1v) is 6.93. The fourth-order valence-electron chi connectivity index (χ4n) is 2.13. The van der Waals surface area contributed by atoms with Crippen LogP contribution in [0.2, 0.25) is 0 Å². The molecule has 0 heterocycles. The van der Waals surface area contributed by atoms with Gasteiger partial charge in [-0.25, -0.2) is 0 Å². The Labute approximate surface area is 107 Å². The number of amides is 1. The van der Waals surface area contributed by atoms with E-state index in [1.54, 1.807) is 0 Å². The maximum absolute atomic E-state index is 10.6. The highest BCUT2D eigenvalue weighted by molar-refractivity contribution is 5.73. The normalized spacial score (nSPS) is 11.7. The third kappa shape index (κ3) is 11.7. The van der Waals surface area contributed by atoms with Gasteiger partial charge in [-0.1, -0.05) is 27.7 Å². The number of nitrogens with two attached hydrogens (primary N) is 1. The molecule has 3 heteroatoms. The summed E-state index contributed by atoms with van der Waals surface area (Å²) in [6, 6.07) is 0.614. The van der Waals surface area contributed by atoms with Crippen LogP contribution in [-0.4, -0.2) is 18.5 Å². The maximum Gasteiger partial charge on any atom is 0.217 e. The summed E-state index contributed by atoms with van der Waals surface area (Å²) in [5, 5.41) is 3.60. The lowest BCUT2D eigenvalue weighted by atomic mass is 9.95. The smallest absolute Gasteiger partial charge is 0.217 e. The second-order valence-corrected chi connectivity index (χ2v) is 5.83. The van der Waals surface area contributed by atoms with Crippen LogP contribution in [0.5, 0.6) is 0 Å². The molecule has 0 spiro atoms. The van der Waals surface area contributed by atoms with Gasteiger partial charge in [-0.15, -0.1) is 0 Å². The number of hydrogen-bond acceptors (Lipinski definition) is 2. The molecule has 0 rings (SSSR count). The van der Waals surface area contributed by atoms with Crippen molar-refractivity contribution < 1.29 is 4.79 Å². The first kappa shape index (κ1) is 16.4. The Morgan fingerprint density at radius 3 is 2.00 bits per heavy atom. The second-order valence-electron chi connectivity index (χ2n) is 5.83. The quantitative estimate of drug-likeness (QED) is 0.579. The predicted octanol–water partition coefficient (Wildman–Crippen LogP) is 2.69. The van der Waals surface area contributed by atoms with Gasteiger partial charge in [-0.2, -0.15) is 0 Å². The van der Waals surface area contributed by atoms with Crippen molar-refractivity contribution in [3.05, 3.63) is 0 Å². The molecule has 1 amide bonds. The minimum atomic E-state index is -0.189. The van der Waals surface area contributed by atoms with Gasteiger partial charge in [0.05, 0.1) is 0 Å². The molecule has 0 aromatic heterocycles. The first-order chi connectivity index (χ1) is 7.91. The lowest BCUT2D eigenvalue weighted by Crippen LogP contribution is -2.32. The van der Waals surface area contributed by atoms with Crippen LogP contribution in [0.25, 0.3) is 0 Å². The largest absolute Gasteiger partial charge is 0.370 e. The van der Waals surface area contributed by atoms with Crippen molar-refractivity contribution in [1.82, 2.24) is 5.32 Å². The van der Waals surface area contributed by atoms with Crippen molar-refractivity contribution in [3.8, 4) is 0 Å². The molecule has 0 aromatic rings. The highest BCUT2D eigenvalue weighted by Gasteiger charge is 2.11. The summed E-state index contributed by atoms with van der Waals surface area (Å²) < 4.78 is 0. The SMILES string of the molecule is CC(C)CC(CC(C)C)NCCCCC(N)=O. The van der Waals surface area contributed by atoms with Crippen molar-refractivity contribution in [2.45, 2.75) is 65.8 Å². The molecule has 0 saturated carbocycles. The fraction of sp³-hybridized carbons (Fsp3) is 0.929. The van der Waals surface area contributed by atoms with Gasteiger partial charge in [-0.3, -0.25) is 4.79 Å². The molecule has 0 aliphatic carbocycles. The average molecular weight is 242 g/mol. The van der Waals surface area contributed by atoms with Gasteiger partial charge in [0.25, 0.3) is 0 Å². The van der Waals surface area contributed by atoms with E-state index >= 15 is 0 Å². The minimum Gasteiger partial charge on any atom is -0.370 e. The molecule has 0 fully saturated rings. The molecule has 0 aliphatic heterocycles. The zero-order chi connectivity index (χ0) is 13.3. The van der Waals surface area contributed by atoms with Crippen LogP contribution in [0.3, 0.4) is 0 Å². The van der Waals surface area contributed by atoms with Crippen LogP contribution in [-0.2, 0) is 4.79 Å². The molecular weight excluding hydrogens is 212 g/mol. The van der Waals surface area contributed by atoms with E-state index in [-0.39, 0.29) is 5.91 Å². The molecule has 0 atom stereocenters. The molecule has 0 aliphatic rings. The van der Waals surface area contributed by atoms with E-state index in [0.717, 1.165) is 31.2 Å². The molecule has 0 saturated heterocycles. The van der Waals surface area contributed by atoms with Crippen molar-refractivity contribution in [2.24, 2.45) is 17.6 Å². The van der Waals surface area contributed by atoms with Crippen LogP contribution in [0.1, 0.15) is 59.8 Å². The zero-order valence-corrected chi connectivity index (χ0v) is 12.0. The van der Waals surface area contributed by atoms with Gasteiger partial charge in [-0.05, 0) is 44.1 Å². The van der Waals surface area contributed by atoms with Gasteiger partial charge in [0.15, 0.2) is 0 Å². The molecular formula is C14H30N2O. The molecule has 0 radical (unpaired) electrons. The van der Waals surface area contributed by atoms with Gasteiger partial charge < -0.3 is 11.1 Å². The number of carbonyl (C=O) groups is 1. The Morgan fingerprint density at radius 1 is 1.06 bits per heavy atom. The standard InChI is InChI=1S/C14H30N2O/c1-11(2)9-13(10-12(3)4)16-8-6-5-7-14(15)17/h11-13,16H,5-10H2,1-4H3,(H2,15,17). The lowest BCUT2D eigenvalue weighted by Gasteiger charge is -2.22. The number of unbranched alkanes of at least 4 members (excludes halogenated alkanes) is 1. The maximum atomic E-state index is 10.6. The molecule has 0 unspecified atom stereocenters. The van der Waals surface area contributed by atoms with Crippen molar-refractivity contribution >= 4 is 5.91 Å². The summed E-state index contributed by atoms with van der Waals surface area (Å²) in [5.41, 5.74) is 5.11. The molecule has 3 nitrogen and oxygen atoms in total. The average Bonchev–Trinajstić information content (AvgIpc) is 2.14. The highest BCUT2D eigenvalue weighted by Crippen LogP contribution is 2.13. The summed E-state index contributed by atoms with van der Waals surface area (Å²) in [6.45, 7) is 10.1. The van der Waals surface area contributed by atoms with E-state index in [4.69, 9.17) is 5.73 Å². The molecule has 0 aromatic carbocycles. The Hall–Kier alpha value is -0.570. The Morgan fingerprint density at radius 2 is 1.59 bits per heavy atom. The zero-order valence-electron chi connectivity index (χ0n) is 12.0. The van der Waals surface area contributed by atoms with Gasteiger partial charge in [0.2, 0.25) is 5.91 Å². The number of hydrogen-bond donors (Lipinski definition) is 2. The highest BCUT2D eigenvalue weighted by atomic mass is 16.1. The van der Waals surface area contributed by atoms with Crippen molar-refractivity contribution in [3.63, 3.8) is 0 Å². The predicted molar refractivity (Wildman–Crippen MR) is 73.7 cm³/mol. The van der Waals surface area contributed by atoms with Crippen LogP contribution in [0.15, 0.2) is 0 Å². The van der Waals surface area contributed by atoms with Crippen molar-refractivity contribution in [2.75, 3.05) is 6.54 Å². The third-order valence-corrected chi connectivity index (χ3v) is 2.79. The minimum absolute atomic E-state index is 0.189. The number of carbonyl (C=O) groups excluding carboxylic acids is 1. The van der Waals surface area contributed by atoms with E-state index in [1.165, 1.54) is 12.8 Å². The van der Waals surface area contributed by atoms with Gasteiger partial charge in [0, 0.05) is 12.5 Å². The van der Waals surface area contributed by atoms with Gasteiger partial charge >= 0.3 is 0 Å². The number of rotatable bonds is 10. The first-order valence-electron chi connectivity index (χ1n) is 6.93. The van der Waals surface area contributed by atoms with Crippen molar-refractivity contribution in [1.29, 1.82) is 0 Å². The van der Waals surface area contributed by atoms with E-state index in [2.05, 4.69) is 33.0 Å². The molecule has 17 heavy (non-hydrogen) atoms. The van der Waals surface area contributed by atoms with Gasteiger partial charge in [0.1, 0.15) is 0 Å². The summed E-state index contributed by atoms with van der Waals surface area (Å²) in [7, 11) is 0. The number of nitrogens with one attached hydrogen (secondary N) is 1. The Kier molecular flexibility index (Phi) is 9.14. The number of primary amides is 1. The Bertz CT molecular complexity index is 192. The lowest BCUT2D eigenvalue weighted by molar-refractivity contribution is -0.118. The summed E-state index contributed by atoms with van der Waals surface area (Å²) in [4.78, 5) is 10.6. The monoisotopic (exact) mass is 242 g/mol. The van der Waals surface area contributed by atoms with Crippen LogP contribution < -0.4 is 11.1 Å². The summed E-state index contributed by atoms with van der Waals surface area (Å²) in [5.74, 6) is 1.28. The van der Waals surface area contributed by atoms with E-state index in [9.17, 15) is 4.79 Å². The molecule has 0 bridgehead atoms. The fourth-order valence-corrected chi connectivity index (χ4v) is 2.13. The third-order valence-electron chi connectivity index (χ3n) is 2.79. The molecule has 3 N–H and O–H groups in total. The van der Waals surface area contributed by atoms with Crippen LogP contribution in [0, 0.1) is 11.8 Å².